The fourth-order valence-corrected chi connectivity index (χ4v) is 2.92. The molecule has 2 rings (SSSR count). The van der Waals surface area contributed by atoms with E-state index < -0.39 is 11.7 Å². The molecule has 1 fully saturated rings. The molecule has 2 N–H and O–H groups in total. The number of carbonyl (C=O) groups is 2. The Hall–Kier alpha value is -1.70. The summed E-state index contributed by atoms with van der Waals surface area (Å²) >= 11 is 5.77. The van der Waals surface area contributed by atoms with E-state index in [4.69, 9.17) is 16.3 Å². The van der Waals surface area contributed by atoms with Crippen molar-refractivity contribution in [1.82, 2.24) is 15.5 Å². The highest BCUT2D eigenvalue weighted by Gasteiger charge is 2.24. The van der Waals surface area contributed by atoms with E-state index in [1.165, 1.54) is 6.07 Å². The Morgan fingerprint density at radius 2 is 2.08 bits per heavy atom. The summed E-state index contributed by atoms with van der Waals surface area (Å²) in [6, 6.07) is 3.68. The van der Waals surface area contributed by atoms with Crippen molar-refractivity contribution in [2.45, 2.75) is 32.4 Å². The molecule has 6 nitrogen and oxygen atoms in total. The predicted molar refractivity (Wildman–Crippen MR) is 97.8 cm³/mol. The lowest BCUT2D eigenvalue weighted by Gasteiger charge is -2.33. The summed E-state index contributed by atoms with van der Waals surface area (Å²) in [5, 5.41) is 5.81. The van der Waals surface area contributed by atoms with Crippen molar-refractivity contribution in [3.8, 4) is 0 Å². The number of halogens is 2. The maximum Gasteiger partial charge on any atom is 0.251 e. The molecule has 1 saturated heterocycles. The van der Waals surface area contributed by atoms with Gasteiger partial charge in [-0.3, -0.25) is 14.5 Å². The van der Waals surface area contributed by atoms with Gasteiger partial charge in [-0.05, 0) is 39.0 Å². The van der Waals surface area contributed by atoms with Crippen molar-refractivity contribution in [3.63, 3.8) is 0 Å². The Kier molecular flexibility index (Phi) is 6.97. The first-order chi connectivity index (χ1) is 12.1. The third kappa shape index (κ3) is 6.90. The van der Waals surface area contributed by atoms with Gasteiger partial charge in [0.25, 0.3) is 5.91 Å². The molecule has 0 saturated carbocycles. The lowest BCUT2D eigenvalue weighted by Crippen LogP contribution is -2.52. The van der Waals surface area contributed by atoms with Crippen LogP contribution in [0.4, 0.5) is 4.39 Å². The fraction of sp³-hybridized carbons (Fsp3) is 0.556. The van der Waals surface area contributed by atoms with Crippen LogP contribution in [-0.2, 0) is 9.53 Å². The van der Waals surface area contributed by atoms with Crippen LogP contribution in [0.1, 0.15) is 31.1 Å². The van der Waals surface area contributed by atoms with Gasteiger partial charge in [0.15, 0.2) is 0 Å². The summed E-state index contributed by atoms with van der Waals surface area (Å²) in [5.41, 5.74) is -0.115. The summed E-state index contributed by atoms with van der Waals surface area (Å²) in [7, 11) is 0. The molecule has 144 valence electrons. The fourth-order valence-electron chi connectivity index (χ4n) is 2.70. The molecule has 26 heavy (non-hydrogen) atoms. The Bertz CT molecular complexity index is 643. The van der Waals surface area contributed by atoms with Crippen LogP contribution in [0.25, 0.3) is 0 Å². The van der Waals surface area contributed by atoms with Crippen molar-refractivity contribution in [2.75, 3.05) is 32.8 Å². The minimum absolute atomic E-state index is 0.0448. The van der Waals surface area contributed by atoms with Gasteiger partial charge in [-0.1, -0.05) is 11.6 Å². The van der Waals surface area contributed by atoms with Crippen LogP contribution in [0.3, 0.4) is 0 Å². The molecule has 2 amide bonds. The Balaban J connectivity index is 1.82. The molecular weight excluding hydrogens is 361 g/mol. The van der Waals surface area contributed by atoms with E-state index in [2.05, 4.69) is 10.6 Å². The number of morpholine rings is 1. The third-order valence-corrected chi connectivity index (χ3v) is 3.94. The highest BCUT2D eigenvalue weighted by molar-refractivity contribution is 6.31. The van der Waals surface area contributed by atoms with Crippen LogP contribution in [0.5, 0.6) is 0 Å². The smallest absolute Gasteiger partial charge is 0.251 e. The zero-order chi connectivity index (χ0) is 19.3. The van der Waals surface area contributed by atoms with Crippen molar-refractivity contribution >= 4 is 23.4 Å². The van der Waals surface area contributed by atoms with Crippen molar-refractivity contribution in [3.05, 3.63) is 34.6 Å². The first-order valence-electron chi connectivity index (χ1n) is 8.51. The SMILES string of the molecule is CC(C)(C)NC(=O)CN1CCO[C@@H](CNC(=O)c2cc(F)cc(Cl)c2)C1. The van der Waals surface area contributed by atoms with Gasteiger partial charge in [-0.15, -0.1) is 0 Å². The lowest BCUT2D eigenvalue weighted by molar-refractivity contribution is -0.125. The number of ether oxygens (including phenoxy) is 1. The van der Waals surface area contributed by atoms with E-state index in [1.807, 2.05) is 25.7 Å². The molecule has 1 aliphatic rings. The molecular formula is C18H25ClFN3O3. The standard InChI is InChI=1S/C18H25ClFN3O3/c1-18(2,3)22-16(24)11-23-4-5-26-15(10-23)9-21-17(25)12-6-13(19)8-14(20)7-12/h6-8,15H,4-5,9-11H2,1-3H3,(H,21,25)(H,22,24)/t15-/m0/s1. The minimum atomic E-state index is -0.562. The first-order valence-corrected chi connectivity index (χ1v) is 8.89. The molecule has 0 radical (unpaired) electrons. The van der Waals surface area contributed by atoms with Crippen LogP contribution in [-0.4, -0.2) is 61.1 Å². The second kappa shape index (κ2) is 8.79. The number of nitrogens with zero attached hydrogens (tertiary/aromatic N) is 1. The van der Waals surface area contributed by atoms with Gasteiger partial charge >= 0.3 is 0 Å². The molecule has 1 aliphatic heterocycles. The molecule has 0 aromatic heterocycles. The Labute approximate surface area is 158 Å². The normalized spacial score (nSPS) is 18.4. The van der Waals surface area contributed by atoms with Gasteiger partial charge in [0.2, 0.25) is 5.91 Å². The van der Waals surface area contributed by atoms with E-state index in [0.717, 1.165) is 12.1 Å². The minimum Gasteiger partial charge on any atom is -0.374 e. The molecule has 1 atom stereocenters. The molecule has 0 spiro atoms. The van der Waals surface area contributed by atoms with Crippen LogP contribution in [0, 0.1) is 5.82 Å². The maximum atomic E-state index is 13.3. The molecule has 1 aromatic carbocycles. The first kappa shape index (κ1) is 20.6. The number of hydrogen-bond donors (Lipinski definition) is 2. The van der Waals surface area contributed by atoms with Gasteiger partial charge in [0.05, 0.1) is 19.3 Å². The van der Waals surface area contributed by atoms with Gasteiger partial charge in [-0.25, -0.2) is 4.39 Å². The quantitative estimate of drug-likeness (QED) is 0.811. The second-order valence-electron chi connectivity index (χ2n) is 7.39. The molecule has 8 heteroatoms. The van der Waals surface area contributed by atoms with Crippen molar-refractivity contribution in [1.29, 1.82) is 0 Å². The number of nitrogens with one attached hydrogen (secondary N) is 2. The lowest BCUT2D eigenvalue weighted by atomic mass is 10.1. The summed E-state index contributed by atoms with van der Waals surface area (Å²) in [6.07, 6.45) is -0.237. The molecule has 0 unspecified atom stereocenters. The number of carbonyl (C=O) groups excluding carboxylic acids is 2. The van der Waals surface area contributed by atoms with Crippen LogP contribution in [0.15, 0.2) is 18.2 Å². The molecule has 1 aromatic rings. The van der Waals surface area contributed by atoms with Crippen LogP contribution >= 0.6 is 11.6 Å². The maximum absolute atomic E-state index is 13.3. The van der Waals surface area contributed by atoms with Gasteiger partial charge < -0.3 is 15.4 Å². The molecule has 1 heterocycles. The third-order valence-electron chi connectivity index (χ3n) is 3.72. The monoisotopic (exact) mass is 385 g/mol. The van der Waals surface area contributed by atoms with E-state index in [0.29, 0.717) is 19.7 Å². The van der Waals surface area contributed by atoms with Crippen molar-refractivity contribution in [2.24, 2.45) is 0 Å². The summed E-state index contributed by atoms with van der Waals surface area (Å²) < 4.78 is 19.0. The zero-order valence-corrected chi connectivity index (χ0v) is 16.0. The average molecular weight is 386 g/mol. The van der Waals surface area contributed by atoms with E-state index in [1.54, 1.807) is 0 Å². The average Bonchev–Trinajstić information content (AvgIpc) is 2.50. The Morgan fingerprint density at radius 1 is 1.35 bits per heavy atom. The van der Waals surface area contributed by atoms with E-state index >= 15 is 0 Å². The summed E-state index contributed by atoms with van der Waals surface area (Å²) in [5.74, 6) is -1.03. The van der Waals surface area contributed by atoms with Gasteiger partial charge in [0.1, 0.15) is 5.82 Å². The topological polar surface area (TPSA) is 70.7 Å². The second-order valence-corrected chi connectivity index (χ2v) is 7.83. The summed E-state index contributed by atoms with van der Waals surface area (Å²) in [6.45, 7) is 8.01. The number of rotatable bonds is 5. The predicted octanol–water partition coefficient (Wildman–Crippen LogP) is 1.82. The number of amides is 2. The molecule has 0 bridgehead atoms. The largest absolute Gasteiger partial charge is 0.374 e. The van der Waals surface area contributed by atoms with Crippen LogP contribution < -0.4 is 10.6 Å². The zero-order valence-electron chi connectivity index (χ0n) is 15.3. The Morgan fingerprint density at radius 3 is 2.73 bits per heavy atom. The highest BCUT2D eigenvalue weighted by atomic mass is 35.5. The van der Waals surface area contributed by atoms with Crippen LogP contribution in [0.2, 0.25) is 5.02 Å². The van der Waals surface area contributed by atoms with Gasteiger partial charge in [-0.2, -0.15) is 0 Å². The number of hydrogen-bond acceptors (Lipinski definition) is 4. The highest BCUT2D eigenvalue weighted by Crippen LogP contribution is 2.14. The van der Waals surface area contributed by atoms with Crippen molar-refractivity contribution < 1.29 is 18.7 Å². The van der Waals surface area contributed by atoms with E-state index in [9.17, 15) is 14.0 Å². The van der Waals surface area contributed by atoms with Gasteiger partial charge in [0, 0.05) is 35.8 Å². The number of benzene rings is 1. The van der Waals surface area contributed by atoms with E-state index in [-0.39, 0.29) is 41.2 Å². The summed E-state index contributed by atoms with van der Waals surface area (Å²) in [4.78, 5) is 26.2. The molecule has 0 aliphatic carbocycles.